The summed E-state index contributed by atoms with van der Waals surface area (Å²) in [6.07, 6.45) is 0. The molecule has 6 heavy (non-hydrogen) atoms. The van der Waals surface area contributed by atoms with Crippen LogP contribution in [0.15, 0.2) is 0 Å². The van der Waals surface area contributed by atoms with Crippen molar-refractivity contribution < 1.29 is 8.42 Å². The summed E-state index contributed by atoms with van der Waals surface area (Å²) in [6.45, 7) is 0. The fourth-order valence-electron chi connectivity index (χ4n) is 0.0272. The predicted octanol–water partition coefficient (Wildman–Crippen LogP) is 0.0884. The fraction of sp³-hybridized carbons (Fsp3) is 0. The number of hydrogen-bond donors (Lipinski definition) is 2. The lowest BCUT2D eigenvalue weighted by Crippen LogP contribution is -1.41. The van der Waals surface area contributed by atoms with Crippen LogP contribution in [0, 0.1) is 0 Å². The van der Waals surface area contributed by atoms with Crippen LogP contribution in [0.2, 0.25) is 0 Å². The summed E-state index contributed by atoms with van der Waals surface area (Å²) in [5, 5.41) is 0. The molecule has 0 aromatic rings. The summed E-state index contributed by atoms with van der Waals surface area (Å²) in [7, 11) is 1.97. The van der Waals surface area contributed by atoms with E-state index in [9.17, 15) is 8.42 Å². The molecule has 0 bridgehead atoms. The van der Waals surface area contributed by atoms with E-state index in [1.54, 1.807) is 0 Å². The number of rotatable bonds is 3. The van der Waals surface area contributed by atoms with Crippen LogP contribution in [-0.2, 0) is 21.4 Å². The maximum absolute atomic E-state index is 9.46. The third-order valence-corrected chi connectivity index (χ3v) is 4.34. The summed E-state index contributed by atoms with van der Waals surface area (Å²) in [6, 6.07) is 0. The molecule has 0 unspecified atom stereocenters. The predicted molar refractivity (Wildman–Crippen MR) is 34.3 cm³/mol. The molecule has 0 spiro atoms. The zero-order valence-electron chi connectivity index (χ0n) is 2.53. The molecule has 0 heterocycles. The topological polar surface area (TPSA) is 34.1 Å². The molecule has 0 N–H and O–H groups in total. The van der Waals surface area contributed by atoms with E-state index in [1.807, 2.05) is 0 Å². The van der Waals surface area contributed by atoms with E-state index in [-0.39, 0.29) is 21.4 Å². The van der Waals surface area contributed by atoms with E-state index in [2.05, 4.69) is 0 Å². The molecule has 0 aliphatic carbocycles. The first-order valence-corrected chi connectivity index (χ1v) is 5.88. The van der Waals surface area contributed by atoms with Gasteiger partial charge in [0.2, 0.25) is 0 Å². The van der Waals surface area contributed by atoms with Gasteiger partial charge in [-0.05, 0) is 0 Å². The molecule has 0 fully saturated rings. The second kappa shape index (κ2) is 6.00. The van der Waals surface area contributed by atoms with Gasteiger partial charge in [0.25, 0.3) is 0 Å². The molecular weight excluding hydrogens is 160 g/mol. The van der Waals surface area contributed by atoms with Gasteiger partial charge in [0.15, 0.2) is 0 Å². The van der Waals surface area contributed by atoms with E-state index < -0.39 is 0 Å². The Morgan fingerprint density at radius 3 is 1.50 bits per heavy atom. The average molecular weight is 162 g/mol. The Kier molecular flexibility index (Phi) is 7.00. The Hall–Kier alpha value is 1.000. The third-order valence-electron chi connectivity index (χ3n) is 0.0942. The van der Waals surface area contributed by atoms with Crippen molar-refractivity contribution in [2.45, 2.75) is 0 Å². The molecule has 0 aliphatic rings. The standard InChI is InChI=1S/H2O2S4/c1-3-5-6-4-2/h3-4H. The van der Waals surface area contributed by atoms with Crippen molar-refractivity contribution >= 4 is 41.0 Å². The molecule has 0 aliphatic heterocycles. The van der Waals surface area contributed by atoms with E-state index >= 15 is 0 Å². The molecule has 0 aromatic carbocycles. The van der Waals surface area contributed by atoms with Crippen molar-refractivity contribution in [3.63, 3.8) is 0 Å². The Morgan fingerprint density at radius 1 is 1.00 bits per heavy atom. The van der Waals surface area contributed by atoms with Crippen molar-refractivity contribution in [3.8, 4) is 0 Å². The van der Waals surface area contributed by atoms with Crippen molar-refractivity contribution in [3.05, 3.63) is 0 Å². The minimum atomic E-state index is -0.0319. The van der Waals surface area contributed by atoms with Crippen molar-refractivity contribution in [2.24, 2.45) is 0 Å². The van der Waals surface area contributed by atoms with Gasteiger partial charge in [-0.25, -0.2) is 0 Å². The molecule has 0 atom stereocenters. The molecule has 0 amide bonds. The molecule has 0 rings (SSSR count). The van der Waals surface area contributed by atoms with Crippen molar-refractivity contribution in [2.75, 3.05) is 0 Å². The van der Waals surface area contributed by atoms with Gasteiger partial charge in [-0.1, -0.05) is 0 Å². The van der Waals surface area contributed by atoms with E-state index in [0.29, 0.717) is 0 Å². The molecule has 38 valence electrons. The van der Waals surface area contributed by atoms with E-state index in [4.69, 9.17) is 0 Å². The summed E-state index contributed by atoms with van der Waals surface area (Å²) in [5.74, 6) is 0. The zero-order valence-corrected chi connectivity index (χ0v) is 5.95. The van der Waals surface area contributed by atoms with Gasteiger partial charge in [0.05, 0.1) is 21.4 Å². The molecule has 0 saturated carbocycles. The monoisotopic (exact) mass is 162 g/mol. The quantitative estimate of drug-likeness (QED) is 0.350. The van der Waals surface area contributed by atoms with Crippen molar-refractivity contribution in [1.82, 2.24) is 0 Å². The van der Waals surface area contributed by atoms with Crippen LogP contribution in [0.5, 0.6) is 0 Å². The third kappa shape index (κ3) is 5.00. The van der Waals surface area contributed by atoms with E-state index in [1.165, 1.54) is 0 Å². The second-order valence-corrected chi connectivity index (χ2v) is 5.37. The van der Waals surface area contributed by atoms with E-state index in [0.717, 1.165) is 19.7 Å². The molecule has 2 nitrogen and oxygen atoms in total. The van der Waals surface area contributed by atoms with Gasteiger partial charge in [0.1, 0.15) is 0 Å². The molecule has 0 aromatic heterocycles. The van der Waals surface area contributed by atoms with Crippen LogP contribution in [0.1, 0.15) is 0 Å². The smallest absolute Gasteiger partial charge is 0.0788 e. The Morgan fingerprint density at radius 2 is 1.33 bits per heavy atom. The highest BCUT2D eigenvalue weighted by atomic mass is 33.7. The summed E-state index contributed by atoms with van der Waals surface area (Å²) in [5.41, 5.74) is 0. The highest BCUT2D eigenvalue weighted by Crippen LogP contribution is 2.16. The van der Waals surface area contributed by atoms with Gasteiger partial charge in [-0.3, -0.25) is 8.42 Å². The Bertz CT molecular complexity index is 41.5. The summed E-state index contributed by atoms with van der Waals surface area (Å²) < 4.78 is 18.9. The lowest BCUT2D eigenvalue weighted by Gasteiger charge is -1.69. The van der Waals surface area contributed by atoms with Gasteiger partial charge in [-0.2, -0.15) is 0 Å². The van der Waals surface area contributed by atoms with Crippen molar-refractivity contribution in [1.29, 1.82) is 0 Å². The average Bonchev–Trinajstić information content (AvgIpc) is 1.61. The normalized spacial score (nSPS) is 8.67. The van der Waals surface area contributed by atoms with Gasteiger partial charge < -0.3 is 0 Å². The zero-order chi connectivity index (χ0) is 4.83. The summed E-state index contributed by atoms with van der Waals surface area (Å²) in [4.78, 5) is 0. The molecule has 0 radical (unpaired) electrons. The minimum absolute atomic E-state index is 0.0319. The van der Waals surface area contributed by atoms with Crippen LogP contribution < -0.4 is 0 Å². The maximum Gasteiger partial charge on any atom is 0.0788 e. The minimum Gasteiger partial charge on any atom is -0.250 e. The maximum atomic E-state index is 9.46. The van der Waals surface area contributed by atoms with Gasteiger partial charge in [-0.15, -0.1) is 0 Å². The second-order valence-electron chi connectivity index (χ2n) is 0.298. The highest BCUT2D eigenvalue weighted by molar-refractivity contribution is 9.17. The van der Waals surface area contributed by atoms with Crippen LogP contribution in [0.25, 0.3) is 0 Å². The van der Waals surface area contributed by atoms with Crippen LogP contribution >= 0.6 is 19.7 Å². The highest BCUT2D eigenvalue weighted by Gasteiger charge is 1.73. The number of hydrogen-bond acceptors (Lipinski definition) is 4. The van der Waals surface area contributed by atoms with Crippen LogP contribution in [-0.4, -0.2) is 8.42 Å². The largest absolute Gasteiger partial charge is 0.250 e. The molecular formula is H2O2S4. The Labute approximate surface area is 49.6 Å². The lowest BCUT2D eigenvalue weighted by atomic mass is 16.0. The fourth-order valence-corrected chi connectivity index (χ4v) is 2.20. The first kappa shape index (κ1) is 7.00. The SMILES string of the molecule is O=[SH]SS[SH]=O. The van der Waals surface area contributed by atoms with Gasteiger partial charge >= 0.3 is 0 Å². The lowest BCUT2D eigenvalue weighted by molar-refractivity contribution is 0.700. The number of thiol groups is 2. The Balaban J connectivity index is 2.66. The first-order chi connectivity index (χ1) is 2.91. The van der Waals surface area contributed by atoms with Crippen LogP contribution in [0.4, 0.5) is 0 Å². The molecule has 6 heteroatoms. The van der Waals surface area contributed by atoms with Crippen LogP contribution in [0.3, 0.4) is 0 Å². The molecule has 0 saturated heterocycles. The van der Waals surface area contributed by atoms with Gasteiger partial charge in [0, 0.05) is 19.7 Å². The first-order valence-electron chi connectivity index (χ1n) is 0.897. The summed E-state index contributed by atoms with van der Waals surface area (Å²) >= 11 is 0.